The van der Waals surface area contributed by atoms with Gasteiger partial charge in [0, 0.05) is 5.02 Å². The number of thiocarbonyl (C=S) groups is 1. The van der Waals surface area contributed by atoms with Gasteiger partial charge in [-0.05, 0) is 90.0 Å². The summed E-state index contributed by atoms with van der Waals surface area (Å²) >= 11 is 15.1. The molecule has 7 nitrogen and oxygen atoms in total. The van der Waals surface area contributed by atoms with Crippen molar-refractivity contribution in [3.8, 4) is 11.5 Å². The summed E-state index contributed by atoms with van der Waals surface area (Å²) < 4.78 is 16.9. The number of carbonyl (C=O) groups is 2. The van der Waals surface area contributed by atoms with Crippen LogP contribution in [0.1, 0.15) is 19.4 Å². The van der Waals surface area contributed by atoms with Crippen molar-refractivity contribution in [3.63, 3.8) is 0 Å². The Balaban J connectivity index is 2.09. The van der Waals surface area contributed by atoms with Crippen LogP contribution in [0.25, 0.3) is 6.08 Å². The SMILES string of the molecule is CCOc1cc(/C=C2/C(=O)N(c3ccc(Cl)cc3)C(=S)N2CC(=O)OC)cc(Br)c1OCC. The number of carbonyl (C=O) groups excluding carboxylic acids is 2. The summed E-state index contributed by atoms with van der Waals surface area (Å²) in [6, 6.07) is 10.3. The predicted octanol–water partition coefficient (Wildman–Crippen LogP) is 5.05. The van der Waals surface area contributed by atoms with E-state index in [4.69, 9.17) is 38.0 Å². The number of rotatable bonds is 8. The molecule has 3 rings (SSSR count). The molecule has 0 N–H and O–H groups in total. The van der Waals surface area contributed by atoms with Crippen molar-refractivity contribution in [1.82, 2.24) is 4.90 Å². The zero-order valence-electron chi connectivity index (χ0n) is 18.3. The van der Waals surface area contributed by atoms with Crippen molar-refractivity contribution in [2.75, 3.05) is 31.8 Å². The predicted molar refractivity (Wildman–Crippen MR) is 135 cm³/mol. The lowest BCUT2D eigenvalue weighted by Crippen LogP contribution is -2.35. The number of halogens is 2. The van der Waals surface area contributed by atoms with E-state index in [9.17, 15) is 9.59 Å². The summed E-state index contributed by atoms with van der Waals surface area (Å²) in [7, 11) is 1.28. The highest BCUT2D eigenvalue weighted by Crippen LogP contribution is 2.38. The van der Waals surface area contributed by atoms with Crippen molar-refractivity contribution in [2.24, 2.45) is 0 Å². The van der Waals surface area contributed by atoms with Crippen LogP contribution in [0.3, 0.4) is 0 Å². The average Bonchev–Trinajstić information content (AvgIpc) is 3.01. The van der Waals surface area contributed by atoms with E-state index >= 15 is 0 Å². The van der Waals surface area contributed by atoms with Gasteiger partial charge in [-0.3, -0.25) is 14.5 Å². The number of esters is 1. The molecule has 1 fully saturated rings. The lowest BCUT2D eigenvalue weighted by Gasteiger charge is -2.19. The summed E-state index contributed by atoms with van der Waals surface area (Å²) in [5.74, 6) is 0.192. The Hall–Kier alpha value is -2.62. The van der Waals surface area contributed by atoms with Gasteiger partial charge in [0.15, 0.2) is 16.6 Å². The van der Waals surface area contributed by atoms with Crippen molar-refractivity contribution >= 4 is 68.5 Å². The Morgan fingerprint density at radius 2 is 1.82 bits per heavy atom. The molecule has 0 atom stereocenters. The number of hydrogen-bond donors (Lipinski definition) is 0. The van der Waals surface area contributed by atoms with Crippen LogP contribution in [0.2, 0.25) is 5.02 Å². The topological polar surface area (TPSA) is 68.3 Å². The van der Waals surface area contributed by atoms with E-state index in [2.05, 4.69) is 15.9 Å². The van der Waals surface area contributed by atoms with Gasteiger partial charge in [-0.25, -0.2) is 0 Å². The fourth-order valence-electron chi connectivity index (χ4n) is 3.22. The summed E-state index contributed by atoms with van der Waals surface area (Å²) in [5, 5.41) is 0.690. The zero-order valence-corrected chi connectivity index (χ0v) is 21.4. The Kier molecular flexibility index (Phi) is 8.34. The number of benzene rings is 2. The third kappa shape index (κ3) is 5.48. The fourth-order valence-corrected chi connectivity index (χ4v) is 4.27. The molecule has 0 aromatic heterocycles. The lowest BCUT2D eigenvalue weighted by molar-refractivity contribution is -0.140. The first-order valence-electron chi connectivity index (χ1n) is 10.1. The molecule has 0 bridgehead atoms. The van der Waals surface area contributed by atoms with Gasteiger partial charge in [0.25, 0.3) is 5.91 Å². The fraction of sp³-hybridized carbons (Fsp3) is 0.261. The van der Waals surface area contributed by atoms with E-state index in [0.29, 0.717) is 45.5 Å². The van der Waals surface area contributed by atoms with Crippen molar-refractivity contribution in [2.45, 2.75) is 13.8 Å². The number of methoxy groups -OCH3 is 1. The first-order chi connectivity index (χ1) is 15.8. The van der Waals surface area contributed by atoms with Gasteiger partial charge < -0.3 is 19.1 Å². The van der Waals surface area contributed by atoms with Gasteiger partial charge in [0.1, 0.15) is 12.2 Å². The van der Waals surface area contributed by atoms with E-state index in [0.717, 1.165) is 0 Å². The van der Waals surface area contributed by atoms with Gasteiger partial charge >= 0.3 is 5.97 Å². The second-order valence-corrected chi connectivity index (χ2v) is 8.44. The molecule has 1 saturated heterocycles. The summed E-state index contributed by atoms with van der Waals surface area (Å²) in [6.45, 7) is 4.44. The number of amides is 1. The second kappa shape index (κ2) is 11.0. The first kappa shape index (κ1) is 25.0. The standard InChI is InChI=1S/C23H22BrClN2O5S/c1-4-31-19-12-14(10-17(24)21(19)32-5-2)11-18-22(29)27(16-8-6-15(25)7-9-16)23(33)26(18)13-20(28)30-3/h6-12H,4-5,13H2,1-3H3/b18-11-. The van der Waals surface area contributed by atoms with Gasteiger partial charge in [-0.2, -0.15) is 0 Å². The van der Waals surface area contributed by atoms with Gasteiger partial charge in [-0.15, -0.1) is 0 Å². The minimum Gasteiger partial charge on any atom is -0.490 e. The lowest BCUT2D eigenvalue weighted by atomic mass is 10.1. The van der Waals surface area contributed by atoms with Crippen LogP contribution in [-0.4, -0.2) is 48.8 Å². The molecule has 0 spiro atoms. The molecule has 33 heavy (non-hydrogen) atoms. The molecule has 0 unspecified atom stereocenters. The van der Waals surface area contributed by atoms with E-state index < -0.39 is 5.97 Å². The second-order valence-electron chi connectivity index (χ2n) is 6.79. The molecule has 2 aromatic rings. The number of ether oxygens (including phenoxy) is 3. The largest absolute Gasteiger partial charge is 0.490 e. The minimum absolute atomic E-state index is 0.161. The molecule has 1 amide bonds. The van der Waals surface area contributed by atoms with Crippen LogP contribution in [0.5, 0.6) is 11.5 Å². The normalized spacial score (nSPS) is 14.8. The summed E-state index contributed by atoms with van der Waals surface area (Å²) in [5.41, 5.74) is 1.42. The highest BCUT2D eigenvalue weighted by Gasteiger charge is 2.40. The smallest absolute Gasteiger partial charge is 0.325 e. The summed E-state index contributed by atoms with van der Waals surface area (Å²) in [4.78, 5) is 28.3. The number of hydrogen-bond acceptors (Lipinski definition) is 6. The minimum atomic E-state index is -0.531. The number of anilines is 1. The molecule has 1 aliphatic heterocycles. The van der Waals surface area contributed by atoms with Crippen LogP contribution >= 0.6 is 39.7 Å². The average molecular weight is 554 g/mol. The van der Waals surface area contributed by atoms with Crippen LogP contribution in [0, 0.1) is 0 Å². The van der Waals surface area contributed by atoms with Gasteiger partial charge in [-0.1, -0.05) is 11.6 Å². The Labute approximate surface area is 211 Å². The Bertz CT molecular complexity index is 1110. The monoisotopic (exact) mass is 552 g/mol. The summed E-state index contributed by atoms with van der Waals surface area (Å²) in [6.07, 6.45) is 1.65. The van der Waals surface area contributed by atoms with Gasteiger partial charge in [0.2, 0.25) is 0 Å². The molecule has 0 radical (unpaired) electrons. The maximum Gasteiger partial charge on any atom is 0.325 e. The van der Waals surface area contributed by atoms with E-state index in [1.165, 1.54) is 16.9 Å². The van der Waals surface area contributed by atoms with E-state index in [1.54, 1.807) is 42.5 Å². The van der Waals surface area contributed by atoms with E-state index in [1.807, 2.05) is 13.8 Å². The molecule has 1 aliphatic rings. The quantitative estimate of drug-likeness (QED) is 0.257. The van der Waals surface area contributed by atoms with Crippen molar-refractivity contribution in [1.29, 1.82) is 0 Å². The maximum atomic E-state index is 13.4. The van der Waals surface area contributed by atoms with Crippen LogP contribution in [0.4, 0.5) is 5.69 Å². The molecular formula is C23H22BrClN2O5S. The van der Waals surface area contributed by atoms with Crippen molar-refractivity contribution in [3.05, 3.63) is 57.2 Å². The third-order valence-corrected chi connectivity index (χ3v) is 5.90. The molecule has 10 heteroatoms. The van der Waals surface area contributed by atoms with Crippen molar-refractivity contribution < 1.29 is 23.8 Å². The van der Waals surface area contributed by atoms with Crippen LogP contribution in [-0.2, 0) is 14.3 Å². The first-order valence-corrected chi connectivity index (χ1v) is 11.7. The molecule has 0 saturated carbocycles. The molecular weight excluding hydrogens is 532 g/mol. The number of nitrogens with zero attached hydrogens (tertiary/aromatic N) is 2. The highest BCUT2D eigenvalue weighted by atomic mass is 79.9. The van der Waals surface area contributed by atoms with Crippen LogP contribution < -0.4 is 14.4 Å². The third-order valence-electron chi connectivity index (χ3n) is 4.66. The van der Waals surface area contributed by atoms with Gasteiger partial charge in [0.05, 0.1) is 30.5 Å². The molecule has 2 aromatic carbocycles. The maximum absolute atomic E-state index is 13.4. The van der Waals surface area contributed by atoms with E-state index in [-0.39, 0.29) is 23.3 Å². The molecule has 1 heterocycles. The molecule has 174 valence electrons. The molecule has 0 aliphatic carbocycles. The zero-order chi connectivity index (χ0) is 24.1. The Morgan fingerprint density at radius 1 is 1.15 bits per heavy atom. The highest BCUT2D eigenvalue weighted by molar-refractivity contribution is 9.10. The Morgan fingerprint density at radius 3 is 2.42 bits per heavy atom. The van der Waals surface area contributed by atoms with Crippen LogP contribution in [0.15, 0.2) is 46.6 Å².